The van der Waals surface area contributed by atoms with Gasteiger partial charge in [-0.3, -0.25) is 4.79 Å². The first kappa shape index (κ1) is 17.6. The van der Waals surface area contributed by atoms with E-state index >= 15 is 0 Å². The van der Waals surface area contributed by atoms with Gasteiger partial charge in [0.15, 0.2) is 11.5 Å². The fourth-order valence-corrected chi connectivity index (χ4v) is 2.68. The molecule has 5 nitrogen and oxygen atoms in total. The fourth-order valence-electron chi connectivity index (χ4n) is 2.04. The highest BCUT2D eigenvalue weighted by Crippen LogP contribution is 2.28. The molecule has 0 unspecified atom stereocenters. The Kier molecular flexibility index (Phi) is 6.41. The van der Waals surface area contributed by atoms with Crippen LogP contribution in [0.25, 0.3) is 6.08 Å². The number of nitrogens with zero attached hydrogens (tertiary/aromatic N) is 1. The van der Waals surface area contributed by atoms with Crippen LogP contribution in [0.3, 0.4) is 0 Å². The molecule has 0 radical (unpaired) electrons. The monoisotopic (exact) mass is 342 g/mol. The van der Waals surface area contributed by atoms with E-state index in [0.29, 0.717) is 30.2 Å². The standard InChI is InChI=1S/C18H18N2O3S/c1-3-23-16-7-6-13(10-17(16)22-2)9-14(11-19)18(21)20-12-15-5-4-8-24-15/h4-10H,3,12H2,1-2H3,(H,20,21)/b14-9+. The summed E-state index contributed by atoms with van der Waals surface area (Å²) in [6.07, 6.45) is 1.53. The lowest BCUT2D eigenvalue weighted by Gasteiger charge is -2.09. The molecule has 1 aromatic heterocycles. The summed E-state index contributed by atoms with van der Waals surface area (Å²) in [6, 6.07) is 11.0. The van der Waals surface area contributed by atoms with Crippen LogP contribution >= 0.6 is 11.3 Å². The van der Waals surface area contributed by atoms with Crippen LogP contribution in [0.4, 0.5) is 0 Å². The van der Waals surface area contributed by atoms with E-state index in [9.17, 15) is 10.1 Å². The zero-order valence-electron chi connectivity index (χ0n) is 13.5. The predicted molar refractivity (Wildman–Crippen MR) is 93.9 cm³/mol. The van der Waals surface area contributed by atoms with Crippen LogP contribution in [0, 0.1) is 11.3 Å². The van der Waals surface area contributed by atoms with Crippen LogP contribution in [0.15, 0.2) is 41.3 Å². The van der Waals surface area contributed by atoms with Crippen LogP contribution in [0.5, 0.6) is 11.5 Å². The molecule has 0 bridgehead atoms. The van der Waals surface area contributed by atoms with E-state index in [1.54, 1.807) is 36.6 Å². The maximum absolute atomic E-state index is 12.1. The van der Waals surface area contributed by atoms with Crippen molar-refractivity contribution in [3.63, 3.8) is 0 Å². The molecule has 0 spiro atoms. The van der Waals surface area contributed by atoms with Gasteiger partial charge in [0.2, 0.25) is 0 Å². The number of carbonyl (C=O) groups excluding carboxylic acids is 1. The Morgan fingerprint density at radius 2 is 2.21 bits per heavy atom. The second-order valence-corrected chi connectivity index (χ2v) is 5.81. The zero-order chi connectivity index (χ0) is 17.4. The Balaban J connectivity index is 2.14. The van der Waals surface area contributed by atoms with Crippen molar-refractivity contribution in [3.05, 3.63) is 51.7 Å². The van der Waals surface area contributed by atoms with Crippen molar-refractivity contribution in [1.82, 2.24) is 5.32 Å². The molecule has 0 fully saturated rings. The van der Waals surface area contributed by atoms with Gasteiger partial charge in [0.25, 0.3) is 5.91 Å². The molecule has 0 saturated heterocycles. The van der Waals surface area contributed by atoms with Crippen molar-refractivity contribution in [2.24, 2.45) is 0 Å². The maximum Gasteiger partial charge on any atom is 0.262 e. The summed E-state index contributed by atoms with van der Waals surface area (Å²) in [5, 5.41) is 13.9. The Morgan fingerprint density at radius 3 is 2.83 bits per heavy atom. The average molecular weight is 342 g/mol. The first-order valence-corrected chi connectivity index (χ1v) is 8.29. The molecule has 0 atom stereocenters. The first-order chi connectivity index (χ1) is 11.7. The fraction of sp³-hybridized carbons (Fsp3) is 0.222. The molecule has 2 aromatic rings. The van der Waals surface area contributed by atoms with Gasteiger partial charge in [-0.05, 0) is 42.1 Å². The largest absolute Gasteiger partial charge is 0.493 e. The van der Waals surface area contributed by atoms with Gasteiger partial charge in [0.1, 0.15) is 11.6 Å². The van der Waals surface area contributed by atoms with E-state index in [2.05, 4.69) is 5.32 Å². The van der Waals surface area contributed by atoms with E-state index < -0.39 is 5.91 Å². The zero-order valence-corrected chi connectivity index (χ0v) is 14.4. The molecular formula is C18H18N2O3S. The van der Waals surface area contributed by atoms with Gasteiger partial charge >= 0.3 is 0 Å². The van der Waals surface area contributed by atoms with Crippen molar-refractivity contribution in [2.45, 2.75) is 13.5 Å². The molecule has 2 rings (SSSR count). The molecule has 124 valence electrons. The Hall–Kier alpha value is -2.78. The second kappa shape index (κ2) is 8.75. The quantitative estimate of drug-likeness (QED) is 0.618. The minimum atomic E-state index is -0.404. The lowest BCUT2D eigenvalue weighted by molar-refractivity contribution is -0.117. The van der Waals surface area contributed by atoms with Crippen LogP contribution < -0.4 is 14.8 Å². The molecule has 0 aliphatic carbocycles. The van der Waals surface area contributed by atoms with Crippen LogP contribution in [0.2, 0.25) is 0 Å². The number of hydrogen-bond donors (Lipinski definition) is 1. The molecule has 0 saturated carbocycles. The van der Waals surface area contributed by atoms with Gasteiger partial charge in [-0.2, -0.15) is 5.26 Å². The first-order valence-electron chi connectivity index (χ1n) is 7.41. The lowest BCUT2D eigenvalue weighted by Crippen LogP contribution is -2.23. The van der Waals surface area contributed by atoms with E-state index in [-0.39, 0.29) is 5.57 Å². The minimum Gasteiger partial charge on any atom is -0.493 e. The van der Waals surface area contributed by atoms with Crippen molar-refractivity contribution in [3.8, 4) is 17.6 Å². The smallest absolute Gasteiger partial charge is 0.262 e. The second-order valence-electron chi connectivity index (χ2n) is 4.78. The van der Waals surface area contributed by atoms with E-state index in [4.69, 9.17) is 9.47 Å². The summed E-state index contributed by atoms with van der Waals surface area (Å²) in [5.74, 6) is 0.776. The predicted octanol–water partition coefficient (Wildman–Crippen LogP) is 3.38. The van der Waals surface area contributed by atoms with Gasteiger partial charge in [0, 0.05) is 4.88 Å². The SMILES string of the molecule is CCOc1ccc(/C=C(\C#N)C(=O)NCc2cccs2)cc1OC. The molecule has 1 N–H and O–H groups in total. The lowest BCUT2D eigenvalue weighted by atomic mass is 10.1. The third-order valence-electron chi connectivity index (χ3n) is 3.17. The third-order valence-corrected chi connectivity index (χ3v) is 4.04. The molecule has 6 heteroatoms. The molecule has 1 aromatic carbocycles. The van der Waals surface area contributed by atoms with Gasteiger partial charge in [-0.15, -0.1) is 11.3 Å². The summed E-state index contributed by atoms with van der Waals surface area (Å²) in [6.45, 7) is 2.82. The summed E-state index contributed by atoms with van der Waals surface area (Å²) in [7, 11) is 1.55. The van der Waals surface area contributed by atoms with E-state index in [1.807, 2.05) is 30.5 Å². The van der Waals surface area contributed by atoms with Crippen LogP contribution in [-0.2, 0) is 11.3 Å². The van der Waals surface area contributed by atoms with Crippen LogP contribution in [-0.4, -0.2) is 19.6 Å². The molecule has 24 heavy (non-hydrogen) atoms. The molecule has 0 aliphatic heterocycles. The average Bonchev–Trinajstić information content (AvgIpc) is 3.12. The Labute approximate surface area is 145 Å². The van der Waals surface area contributed by atoms with E-state index in [1.165, 1.54) is 6.08 Å². The Bertz CT molecular complexity index is 761. The maximum atomic E-state index is 12.1. The van der Waals surface area contributed by atoms with Crippen molar-refractivity contribution < 1.29 is 14.3 Å². The number of amides is 1. The molecular weight excluding hydrogens is 324 g/mol. The number of rotatable bonds is 7. The van der Waals surface area contributed by atoms with E-state index in [0.717, 1.165) is 4.88 Å². The number of hydrogen-bond acceptors (Lipinski definition) is 5. The topological polar surface area (TPSA) is 71.3 Å². The van der Waals surface area contributed by atoms with Gasteiger partial charge in [-0.1, -0.05) is 12.1 Å². The van der Waals surface area contributed by atoms with Crippen molar-refractivity contribution in [2.75, 3.05) is 13.7 Å². The summed E-state index contributed by atoms with van der Waals surface area (Å²) < 4.78 is 10.7. The number of benzene rings is 1. The van der Waals surface area contributed by atoms with Gasteiger partial charge in [0.05, 0.1) is 20.3 Å². The minimum absolute atomic E-state index is 0.0396. The summed E-state index contributed by atoms with van der Waals surface area (Å²) >= 11 is 1.55. The van der Waals surface area contributed by atoms with Crippen molar-refractivity contribution in [1.29, 1.82) is 5.26 Å². The highest BCUT2D eigenvalue weighted by atomic mass is 32.1. The number of carbonyl (C=O) groups is 1. The Morgan fingerprint density at radius 1 is 1.38 bits per heavy atom. The number of nitriles is 1. The number of thiophene rings is 1. The van der Waals surface area contributed by atoms with Gasteiger partial charge < -0.3 is 14.8 Å². The van der Waals surface area contributed by atoms with Crippen molar-refractivity contribution >= 4 is 23.3 Å². The molecule has 0 aliphatic rings. The summed E-state index contributed by atoms with van der Waals surface area (Å²) in [5.41, 5.74) is 0.732. The number of methoxy groups -OCH3 is 1. The number of nitrogens with one attached hydrogen (secondary N) is 1. The van der Waals surface area contributed by atoms with Gasteiger partial charge in [-0.25, -0.2) is 0 Å². The molecule has 1 amide bonds. The normalized spacial score (nSPS) is 10.8. The molecule has 1 heterocycles. The number of ether oxygens (including phenoxy) is 2. The highest BCUT2D eigenvalue weighted by Gasteiger charge is 2.10. The third kappa shape index (κ3) is 4.61. The summed E-state index contributed by atoms with van der Waals surface area (Å²) in [4.78, 5) is 13.2. The highest BCUT2D eigenvalue weighted by molar-refractivity contribution is 7.09. The van der Waals surface area contributed by atoms with Crippen LogP contribution in [0.1, 0.15) is 17.4 Å².